The Morgan fingerprint density at radius 2 is 2.40 bits per heavy atom. The van der Waals surface area contributed by atoms with E-state index in [1.165, 1.54) is 23.1 Å². The zero-order chi connectivity index (χ0) is 10.7. The Balaban J connectivity index is 2.22. The van der Waals surface area contributed by atoms with Crippen molar-refractivity contribution in [2.24, 2.45) is 5.73 Å². The minimum atomic E-state index is -0.0327. The van der Waals surface area contributed by atoms with E-state index >= 15 is 0 Å². The number of pyridine rings is 1. The summed E-state index contributed by atoms with van der Waals surface area (Å²) in [6.07, 6.45) is 1.63. The van der Waals surface area contributed by atoms with E-state index in [0.29, 0.717) is 5.69 Å². The molecule has 0 saturated carbocycles. The van der Waals surface area contributed by atoms with Gasteiger partial charge in [-0.2, -0.15) is 0 Å². The lowest BCUT2D eigenvalue weighted by Crippen LogP contribution is -2.12. The highest BCUT2D eigenvalue weighted by atomic mass is 32.2. The Labute approximate surface area is 94.3 Å². The first-order valence-electron chi connectivity index (χ1n) is 4.00. The smallest absolute Gasteiger partial charge is 0.178 e. The standard InChI is InChI=1S/C8H7N5S2/c9-7(10)6-3-5(1-2-11-6)15-8-13-12-4-14-8/h1-4H,(H3,9,10). The molecule has 0 aliphatic heterocycles. The van der Waals surface area contributed by atoms with E-state index in [0.717, 1.165) is 9.24 Å². The van der Waals surface area contributed by atoms with E-state index in [-0.39, 0.29) is 5.84 Å². The van der Waals surface area contributed by atoms with Crippen LogP contribution in [0.2, 0.25) is 0 Å². The van der Waals surface area contributed by atoms with Gasteiger partial charge in [0.1, 0.15) is 17.0 Å². The molecule has 5 nitrogen and oxygen atoms in total. The van der Waals surface area contributed by atoms with Gasteiger partial charge in [-0.05, 0) is 12.1 Å². The molecule has 3 N–H and O–H groups in total. The molecule has 2 aromatic rings. The summed E-state index contributed by atoms with van der Waals surface area (Å²) in [4.78, 5) is 4.92. The average molecular weight is 237 g/mol. The number of nitrogens with two attached hydrogens (primary N) is 1. The molecule has 0 aliphatic rings. The van der Waals surface area contributed by atoms with Gasteiger partial charge >= 0.3 is 0 Å². The van der Waals surface area contributed by atoms with Gasteiger partial charge in [0.05, 0.1) is 0 Å². The van der Waals surface area contributed by atoms with E-state index < -0.39 is 0 Å². The van der Waals surface area contributed by atoms with Crippen LogP contribution < -0.4 is 5.73 Å². The summed E-state index contributed by atoms with van der Waals surface area (Å²) < 4.78 is 0.857. The molecule has 2 heterocycles. The lowest BCUT2D eigenvalue weighted by Gasteiger charge is -1.99. The van der Waals surface area contributed by atoms with Crippen molar-refractivity contribution in [1.29, 1.82) is 5.41 Å². The third kappa shape index (κ3) is 2.51. The summed E-state index contributed by atoms with van der Waals surface area (Å²) in [7, 11) is 0. The summed E-state index contributed by atoms with van der Waals surface area (Å²) in [5, 5.41) is 14.9. The van der Waals surface area contributed by atoms with Gasteiger partial charge < -0.3 is 5.73 Å². The van der Waals surface area contributed by atoms with Crippen molar-refractivity contribution in [1.82, 2.24) is 15.2 Å². The summed E-state index contributed by atoms with van der Waals surface area (Å²) in [6.45, 7) is 0. The van der Waals surface area contributed by atoms with E-state index in [4.69, 9.17) is 11.1 Å². The van der Waals surface area contributed by atoms with Gasteiger partial charge in [-0.15, -0.1) is 10.2 Å². The summed E-state index contributed by atoms with van der Waals surface area (Å²) in [6, 6.07) is 3.60. The molecule has 2 rings (SSSR count). The van der Waals surface area contributed by atoms with Crippen LogP contribution in [0.1, 0.15) is 5.69 Å². The molecular weight excluding hydrogens is 230 g/mol. The van der Waals surface area contributed by atoms with Gasteiger partial charge in [-0.1, -0.05) is 23.1 Å². The Bertz CT molecular complexity index is 468. The Kier molecular flexibility index (Phi) is 2.93. The first-order chi connectivity index (χ1) is 7.25. The second kappa shape index (κ2) is 4.37. The molecule has 0 unspecified atom stereocenters. The molecule has 0 amide bonds. The zero-order valence-electron chi connectivity index (χ0n) is 7.54. The van der Waals surface area contributed by atoms with Crippen LogP contribution >= 0.6 is 23.1 Å². The minimum absolute atomic E-state index is 0.0327. The summed E-state index contributed by atoms with van der Waals surface area (Å²) in [5.41, 5.74) is 7.49. The van der Waals surface area contributed by atoms with Crippen LogP contribution in [0.25, 0.3) is 0 Å². The molecule has 0 saturated heterocycles. The van der Waals surface area contributed by atoms with Crippen LogP contribution in [0.15, 0.2) is 33.1 Å². The molecular formula is C8H7N5S2. The second-order valence-electron chi connectivity index (χ2n) is 2.60. The average Bonchev–Trinajstić information content (AvgIpc) is 2.71. The van der Waals surface area contributed by atoms with Crippen molar-refractivity contribution < 1.29 is 0 Å². The molecule has 0 radical (unpaired) electrons. The maximum absolute atomic E-state index is 7.26. The normalized spacial score (nSPS) is 10.1. The fourth-order valence-corrected chi connectivity index (χ4v) is 2.41. The number of aromatic nitrogens is 3. The van der Waals surface area contributed by atoms with Crippen molar-refractivity contribution in [3.05, 3.63) is 29.5 Å². The van der Waals surface area contributed by atoms with Crippen molar-refractivity contribution in [3.8, 4) is 0 Å². The molecule has 0 atom stereocenters. The Morgan fingerprint density at radius 1 is 1.53 bits per heavy atom. The Hall–Kier alpha value is -1.47. The predicted molar refractivity (Wildman–Crippen MR) is 59.3 cm³/mol. The van der Waals surface area contributed by atoms with Crippen molar-refractivity contribution in [2.75, 3.05) is 0 Å². The highest BCUT2D eigenvalue weighted by Gasteiger charge is 2.03. The van der Waals surface area contributed by atoms with Crippen LogP contribution in [0.3, 0.4) is 0 Å². The van der Waals surface area contributed by atoms with E-state index in [2.05, 4.69) is 15.2 Å². The van der Waals surface area contributed by atoms with Crippen LogP contribution in [0.5, 0.6) is 0 Å². The summed E-state index contributed by atoms with van der Waals surface area (Å²) in [5.74, 6) is -0.0327. The van der Waals surface area contributed by atoms with Gasteiger partial charge in [0.25, 0.3) is 0 Å². The van der Waals surface area contributed by atoms with Crippen LogP contribution in [-0.2, 0) is 0 Å². The molecule has 0 bridgehead atoms. The minimum Gasteiger partial charge on any atom is -0.382 e. The van der Waals surface area contributed by atoms with Gasteiger partial charge in [-0.25, -0.2) is 0 Å². The maximum atomic E-state index is 7.26. The quantitative estimate of drug-likeness (QED) is 0.621. The highest BCUT2D eigenvalue weighted by Crippen LogP contribution is 2.28. The van der Waals surface area contributed by atoms with Crippen LogP contribution in [-0.4, -0.2) is 21.0 Å². The molecule has 0 aliphatic carbocycles. The second-order valence-corrected chi connectivity index (χ2v) is 4.75. The molecule has 15 heavy (non-hydrogen) atoms. The molecule has 0 aromatic carbocycles. The van der Waals surface area contributed by atoms with E-state index in [1.807, 2.05) is 6.07 Å². The lowest BCUT2D eigenvalue weighted by atomic mass is 10.3. The monoisotopic (exact) mass is 237 g/mol. The third-order valence-corrected chi connectivity index (χ3v) is 3.32. The predicted octanol–water partition coefficient (Wildman–Crippen LogP) is 1.37. The number of amidine groups is 1. The van der Waals surface area contributed by atoms with Crippen molar-refractivity contribution in [2.45, 2.75) is 9.24 Å². The molecule has 76 valence electrons. The van der Waals surface area contributed by atoms with Gasteiger partial charge in [0.2, 0.25) is 0 Å². The number of hydrogen-bond donors (Lipinski definition) is 2. The first kappa shape index (κ1) is 10.1. The number of rotatable bonds is 3. The van der Waals surface area contributed by atoms with Gasteiger partial charge in [0, 0.05) is 11.1 Å². The molecule has 0 fully saturated rings. The van der Waals surface area contributed by atoms with Crippen molar-refractivity contribution in [3.63, 3.8) is 0 Å². The fraction of sp³-hybridized carbons (Fsp3) is 0. The number of nitrogens with zero attached hydrogens (tertiary/aromatic N) is 3. The zero-order valence-corrected chi connectivity index (χ0v) is 9.18. The van der Waals surface area contributed by atoms with E-state index in [9.17, 15) is 0 Å². The first-order valence-corrected chi connectivity index (χ1v) is 5.70. The number of nitrogen functional groups attached to an aromatic ring is 1. The third-order valence-electron chi connectivity index (χ3n) is 1.55. The number of nitrogens with one attached hydrogen (secondary N) is 1. The molecule has 0 spiro atoms. The number of hydrogen-bond acceptors (Lipinski definition) is 6. The fourth-order valence-electron chi connectivity index (χ4n) is 0.930. The molecule has 2 aromatic heterocycles. The van der Waals surface area contributed by atoms with Crippen LogP contribution in [0.4, 0.5) is 0 Å². The van der Waals surface area contributed by atoms with Gasteiger partial charge in [0.15, 0.2) is 4.34 Å². The lowest BCUT2D eigenvalue weighted by molar-refractivity contribution is 1.01. The summed E-state index contributed by atoms with van der Waals surface area (Å²) >= 11 is 2.95. The van der Waals surface area contributed by atoms with Crippen molar-refractivity contribution >= 4 is 28.9 Å². The van der Waals surface area contributed by atoms with Crippen LogP contribution in [0, 0.1) is 5.41 Å². The topological polar surface area (TPSA) is 88.5 Å². The van der Waals surface area contributed by atoms with Gasteiger partial charge in [-0.3, -0.25) is 10.4 Å². The van der Waals surface area contributed by atoms with E-state index in [1.54, 1.807) is 17.8 Å². The SMILES string of the molecule is N=C(N)c1cc(Sc2nncs2)ccn1. The molecule has 7 heteroatoms. The Morgan fingerprint density at radius 3 is 3.07 bits per heavy atom. The largest absolute Gasteiger partial charge is 0.382 e. The highest BCUT2D eigenvalue weighted by molar-refractivity contribution is 8.01. The maximum Gasteiger partial charge on any atom is 0.178 e.